The molecule has 0 amide bonds. The second kappa shape index (κ2) is 7.57. The molecule has 1 aromatic carbocycles. The van der Waals surface area contributed by atoms with E-state index in [9.17, 15) is 4.39 Å². The third-order valence-corrected chi connectivity index (χ3v) is 7.17. The summed E-state index contributed by atoms with van der Waals surface area (Å²) in [7, 11) is 0. The van der Waals surface area contributed by atoms with E-state index in [4.69, 9.17) is 4.98 Å². The highest BCUT2D eigenvalue weighted by Gasteiger charge is 2.47. The zero-order chi connectivity index (χ0) is 20.9. The van der Waals surface area contributed by atoms with Gasteiger partial charge >= 0.3 is 0 Å². The van der Waals surface area contributed by atoms with E-state index >= 15 is 0 Å². The molecule has 1 saturated heterocycles. The Hall–Kier alpha value is -2.05. The molecule has 1 aliphatic carbocycles. The molecule has 5 rings (SSSR count). The number of piperidine rings is 1. The number of fused-ring (bicyclic) bond motifs is 3. The minimum Gasteiger partial charge on any atom is -0.325 e. The van der Waals surface area contributed by atoms with E-state index in [1.165, 1.54) is 16.8 Å². The minimum atomic E-state index is -0.978. The Bertz CT molecular complexity index is 937. The number of anilines is 2. The van der Waals surface area contributed by atoms with Gasteiger partial charge in [0.1, 0.15) is 18.3 Å². The van der Waals surface area contributed by atoms with Crippen LogP contribution in [0.5, 0.6) is 0 Å². The number of nitrogens with one attached hydrogen (secondary N) is 2. The average Bonchev–Trinajstić information content (AvgIpc) is 3.22. The second-order valence-electron chi connectivity index (χ2n) is 9.56. The molecule has 3 heterocycles. The van der Waals surface area contributed by atoms with Crippen molar-refractivity contribution in [3.05, 3.63) is 46.9 Å². The number of rotatable bonds is 4. The van der Waals surface area contributed by atoms with Gasteiger partial charge < -0.3 is 15.5 Å². The van der Waals surface area contributed by atoms with E-state index < -0.39 is 6.17 Å². The normalized spacial score (nSPS) is 24.5. The van der Waals surface area contributed by atoms with E-state index in [-0.39, 0.29) is 11.3 Å². The Morgan fingerprint density at radius 2 is 2.07 bits per heavy atom. The summed E-state index contributed by atoms with van der Waals surface area (Å²) in [5.41, 5.74) is 5.81. The molecule has 0 bridgehead atoms. The van der Waals surface area contributed by atoms with Crippen LogP contribution in [0, 0.1) is 0 Å². The molecule has 1 spiro atoms. The summed E-state index contributed by atoms with van der Waals surface area (Å²) in [5, 5.41) is 7.15. The predicted molar refractivity (Wildman–Crippen MR) is 118 cm³/mol. The van der Waals surface area contributed by atoms with Gasteiger partial charge in [-0.3, -0.25) is 0 Å². The van der Waals surface area contributed by atoms with Gasteiger partial charge in [0.2, 0.25) is 0 Å². The summed E-state index contributed by atoms with van der Waals surface area (Å²) in [5.74, 6) is 1.06. The maximum absolute atomic E-state index is 14.6. The molecule has 0 radical (unpaired) electrons. The quantitative estimate of drug-likeness (QED) is 0.790. The first-order chi connectivity index (χ1) is 14.5. The summed E-state index contributed by atoms with van der Waals surface area (Å²) in [6, 6.07) is 7.10. The van der Waals surface area contributed by atoms with Gasteiger partial charge in [0.25, 0.3) is 0 Å². The predicted octanol–water partition coefficient (Wildman–Crippen LogP) is 4.27. The molecule has 2 aliphatic heterocycles. The minimum absolute atomic E-state index is 0.116. The number of halogens is 1. The number of benzene rings is 1. The molecule has 1 fully saturated rings. The van der Waals surface area contributed by atoms with Crippen LogP contribution in [-0.4, -0.2) is 35.6 Å². The van der Waals surface area contributed by atoms with Crippen LogP contribution >= 0.6 is 0 Å². The standard InChI is InChI=1S/C24H32FN5/c1-15(2)27-12-17-5-4-6-19-21(17)24(7-9-26-10-8-24)13-30(19)23-20-16(3)11-18(25)22(20)28-14-29-23/h4-6,14-16,18,26-27H,7-13H2,1-3H3/t16-,18-/m1/s1. The SMILES string of the molecule is CC(C)NCc1cccc2c1C1(CCNCC1)CN2c1ncnc2c1[C@H](C)C[C@H]2F. The Balaban J connectivity index is 1.64. The average molecular weight is 410 g/mol. The number of aromatic nitrogens is 2. The van der Waals surface area contributed by atoms with Gasteiger partial charge in [-0.2, -0.15) is 0 Å². The van der Waals surface area contributed by atoms with Crippen molar-refractivity contribution in [1.82, 2.24) is 20.6 Å². The van der Waals surface area contributed by atoms with Crippen LogP contribution in [-0.2, 0) is 12.0 Å². The Kier molecular flexibility index (Phi) is 5.02. The van der Waals surface area contributed by atoms with Crippen molar-refractivity contribution in [2.75, 3.05) is 24.5 Å². The lowest BCUT2D eigenvalue weighted by molar-refractivity contribution is 0.326. The van der Waals surface area contributed by atoms with Crippen LogP contribution in [0.4, 0.5) is 15.9 Å². The van der Waals surface area contributed by atoms with Crippen LogP contribution in [0.2, 0.25) is 0 Å². The largest absolute Gasteiger partial charge is 0.325 e. The first-order valence-electron chi connectivity index (χ1n) is 11.3. The number of nitrogens with zero attached hydrogens (tertiary/aromatic N) is 3. The molecule has 160 valence electrons. The lowest BCUT2D eigenvalue weighted by atomic mass is 9.73. The van der Waals surface area contributed by atoms with Crippen LogP contribution in [0.1, 0.15) is 74.5 Å². The summed E-state index contributed by atoms with van der Waals surface area (Å²) in [4.78, 5) is 11.4. The van der Waals surface area contributed by atoms with Crippen molar-refractivity contribution < 1.29 is 4.39 Å². The molecule has 3 aliphatic rings. The van der Waals surface area contributed by atoms with Gasteiger partial charge in [-0.1, -0.05) is 32.9 Å². The van der Waals surface area contributed by atoms with Gasteiger partial charge in [0, 0.05) is 35.8 Å². The van der Waals surface area contributed by atoms with E-state index in [2.05, 4.69) is 59.5 Å². The molecular weight excluding hydrogens is 377 g/mol. The first-order valence-corrected chi connectivity index (χ1v) is 11.3. The van der Waals surface area contributed by atoms with E-state index in [1.807, 2.05) is 0 Å². The molecule has 6 heteroatoms. The Labute approximate surface area is 178 Å². The van der Waals surface area contributed by atoms with Gasteiger partial charge in [0.15, 0.2) is 0 Å². The summed E-state index contributed by atoms with van der Waals surface area (Å²) in [6.07, 6.45) is 3.31. The molecular formula is C24H32FN5. The highest BCUT2D eigenvalue weighted by molar-refractivity contribution is 5.75. The van der Waals surface area contributed by atoms with Crippen LogP contribution in [0.3, 0.4) is 0 Å². The molecule has 2 atom stereocenters. The molecule has 0 saturated carbocycles. The fraction of sp³-hybridized carbons (Fsp3) is 0.583. The zero-order valence-electron chi connectivity index (χ0n) is 18.2. The summed E-state index contributed by atoms with van der Waals surface area (Å²) < 4.78 is 14.6. The topological polar surface area (TPSA) is 53.1 Å². The first kappa shape index (κ1) is 19.9. The Morgan fingerprint density at radius 1 is 1.27 bits per heavy atom. The molecule has 30 heavy (non-hydrogen) atoms. The zero-order valence-corrected chi connectivity index (χ0v) is 18.2. The van der Waals surface area contributed by atoms with Crippen LogP contribution in [0.15, 0.2) is 24.5 Å². The number of hydrogen-bond donors (Lipinski definition) is 2. The fourth-order valence-electron chi connectivity index (χ4n) is 5.73. The summed E-state index contributed by atoms with van der Waals surface area (Å²) >= 11 is 0. The van der Waals surface area contributed by atoms with Gasteiger partial charge in [-0.15, -0.1) is 0 Å². The van der Waals surface area contributed by atoms with Crippen molar-refractivity contribution >= 4 is 11.5 Å². The van der Waals surface area contributed by atoms with Gasteiger partial charge in [0.05, 0.1) is 5.69 Å². The molecule has 2 N–H and O–H groups in total. The highest BCUT2D eigenvalue weighted by atomic mass is 19.1. The third kappa shape index (κ3) is 3.12. The fourth-order valence-corrected chi connectivity index (χ4v) is 5.73. The number of alkyl halides is 1. The molecule has 0 unspecified atom stereocenters. The monoisotopic (exact) mass is 409 g/mol. The van der Waals surface area contributed by atoms with Crippen molar-refractivity contribution in [2.24, 2.45) is 0 Å². The molecule has 1 aromatic heterocycles. The van der Waals surface area contributed by atoms with Crippen molar-refractivity contribution in [3.63, 3.8) is 0 Å². The maximum atomic E-state index is 14.6. The third-order valence-electron chi connectivity index (χ3n) is 7.17. The van der Waals surface area contributed by atoms with Crippen molar-refractivity contribution in [3.8, 4) is 0 Å². The number of hydrogen-bond acceptors (Lipinski definition) is 5. The molecule has 5 nitrogen and oxygen atoms in total. The van der Waals surface area contributed by atoms with Gasteiger partial charge in [-0.05, 0) is 55.5 Å². The van der Waals surface area contributed by atoms with Crippen molar-refractivity contribution in [2.45, 2.75) is 70.1 Å². The van der Waals surface area contributed by atoms with E-state index in [0.717, 1.165) is 50.4 Å². The molecule has 2 aromatic rings. The van der Waals surface area contributed by atoms with Gasteiger partial charge in [-0.25, -0.2) is 14.4 Å². The Morgan fingerprint density at radius 3 is 2.83 bits per heavy atom. The smallest absolute Gasteiger partial charge is 0.143 e. The maximum Gasteiger partial charge on any atom is 0.143 e. The van der Waals surface area contributed by atoms with E-state index in [0.29, 0.717) is 18.2 Å². The van der Waals surface area contributed by atoms with Crippen molar-refractivity contribution in [1.29, 1.82) is 0 Å². The highest BCUT2D eigenvalue weighted by Crippen LogP contribution is 2.53. The lowest BCUT2D eigenvalue weighted by Gasteiger charge is -2.36. The van der Waals surface area contributed by atoms with E-state index in [1.54, 1.807) is 6.33 Å². The van der Waals surface area contributed by atoms with Crippen LogP contribution < -0.4 is 15.5 Å². The second-order valence-corrected chi connectivity index (χ2v) is 9.56. The lowest BCUT2D eigenvalue weighted by Crippen LogP contribution is -2.43. The summed E-state index contributed by atoms with van der Waals surface area (Å²) in [6.45, 7) is 10.3. The van der Waals surface area contributed by atoms with Crippen LogP contribution in [0.25, 0.3) is 0 Å².